The van der Waals surface area contributed by atoms with Crippen LogP contribution >= 0.6 is 0 Å². The molecule has 0 aliphatic rings. The summed E-state index contributed by atoms with van der Waals surface area (Å²) in [6.45, 7) is 1.47. The van der Waals surface area contributed by atoms with Crippen molar-refractivity contribution in [2.75, 3.05) is 5.32 Å². The standard InChI is InChI=1S/C21H18N2O2/c1-15(24)23-19-12-10-18(11-13-19)22-14-17-8-5-9-20(21(17)25)16-6-3-2-4-7-16/h2-14,25H,1H3,(H,23,24). The van der Waals surface area contributed by atoms with Gasteiger partial charge in [0, 0.05) is 30.0 Å². The lowest BCUT2D eigenvalue weighted by molar-refractivity contribution is -0.114. The summed E-state index contributed by atoms with van der Waals surface area (Å²) in [5.74, 6) is 0.0891. The Balaban J connectivity index is 1.83. The first-order valence-corrected chi connectivity index (χ1v) is 7.92. The molecule has 3 aromatic rings. The predicted molar refractivity (Wildman–Crippen MR) is 102 cm³/mol. The van der Waals surface area contributed by atoms with Crippen LogP contribution in [0.5, 0.6) is 5.75 Å². The molecule has 0 aliphatic carbocycles. The first-order chi connectivity index (χ1) is 12.1. The van der Waals surface area contributed by atoms with E-state index in [1.54, 1.807) is 30.5 Å². The molecule has 1 amide bonds. The van der Waals surface area contributed by atoms with Crippen LogP contribution in [-0.2, 0) is 4.79 Å². The van der Waals surface area contributed by atoms with Gasteiger partial charge in [0.25, 0.3) is 0 Å². The maximum atomic E-state index is 11.0. The highest BCUT2D eigenvalue weighted by Gasteiger charge is 2.07. The Morgan fingerprint density at radius 2 is 1.68 bits per heavy atom. The third-order valence-corrected chi connectivity index (χ3v) is 3.69. The van der Waals surface area contributed by atoms with E-state index in [0.717, 1.165) is 22.5 Å². The largest absolute Gasteiger partial charge is 0.507 e. The van der Waals surface area contributed by atoms with Gasteiger partial charge in [-0.2, -0.15) is 0 Å². The first-order valence-electron chi connectivity index (χ1n) is 7.92. The van der Waals surface area contributed by atoms with Gasteiger partial charge in [-0.25, -0.2) is 0 Å². The van der Waals surface area contributed by atoms with Crippen molar-refractivity contribution in [2.24, 2.45) is 4.99 Å². The first kappa shape index (κ1) is 16.5. The number of carbonyl (C=O) groups excluding carboxylic acids is 1. The van der Waals surface area contributed by atoms with Crippen LogP contribution < -0.4 is 5.32 Å². The topological polar surface area (TPSA) is 61.7 Å². The van der Waals surface area contributed by atoms with E-state index in [1.165, 1.54) is 6.92 Å². The number of phenols is 1. The maximum Gasteiger partial charge on any atom is 0.221 e. The highest BCUT2D eigenvalue weighted by Crippen LogP contribution is 2.31. The number of nitrogens with zero attached hydrogens (tertiary/aromatic N) is 1. The molecule has 2 N–H and O–H groups in total. The summed E-state index contributed by atoms with van der Waals surface area (Å²) in [7, 11) is 0. The van der Waals surface area contributed by atoms with Gasteiger partial charge in [0.2, 0.25) is 5.91 Å². The second kappa shape index (κ2) is 7.45. The van der Waals surface area contributed by atoms with Crippen LogP contribution in [0.25, 0.3) is 11.1 Å². The molecule has 0 spiro atoms. The minimum Gasteiger partial charge on any atom is -0.507 e. The molecule has 4 heteroatoms. The highest BCUT2D eigenvalue weighted by molar-refractivity contribution is 5.90. The second-order valence-electron chi connectivity index (χ2n) is 5.60. The van der Waals surface area contributed by atoms with E-state index < -0.39 is 0 Å². The lowest BCUT2D eigenvalue weighted by Gasteiger charge is -2.07. The summed E-state index contributed by atoms with van der Waals surface area (Å²) in [4.78, 5) is 15.4. The Hall–Kier alpha value is -3.40. The van der Waals surface area contributed by atoms with Crippen LogP contribution in [0, 0.1) is 0 Å². The van der Waals surface area contributed by atoms with Crippen LogP contribution in [0.4, 0.5) is 11.4 Å². The minimum absolute atomic E-state index is 0.112. The number of hydrogen-bond donors (Lipinski definition) is 2. The third kappa shape index (κ3) is 4.12. The van der Waals surface area contributed by atoms with E-state index in [4.69, 9.17) is 0 Å². The molecule has 3 rings (SSSR count). The molecule has 0 saturated carbocycles. The number of benzene rings is 3. The van der Waals surface area contributed by atoms with Crippen molar-refractivity contribution < 1.29 is 9.90 Å². The Bertz CT molecular complexity index is 901. The number of hydrogen-bond acceptors (Lipinski definition) is 3. The van der Waals surface area contributed by atoms with E-state index in [1.807, 2.05) is 48.5 Å². The summed E-state index contributed by atoms with van der Waals surface area (Å²) < 4.78 is 0. The van der Waals surface area contributed by atoms with E-state index in [2.05, 4.69) is 10.3 Å². The van der Waals surface area contributed by atoms with Gasteiger partial charge < -0.3 is 10.4 Å². The van der Waals surface area contributed by atoms with E-state index in [9.17, 15) is 9.90 Å². The molecule has 0 fully saturated rings. The van der Waals surface area contributed by atoms with Gasteiger partial charge in [0.15, 0.2) is 0 Å². The zero-order valence-electron chi connectivity index (χ0n) is 13.8. The number of para-hydroxylation sites is 1. The van der Waals surface area contributed by atoms with E-state index in [-0.39, 0.29) is 11.7 Å². The zero-order chi connectivity index (χ0) is 17.6. The molecule has 3 aromatic carbocycles. The number of carbonyl (C=O) groups is 1. The molecule has 0 unspecified atom stereocenters. The number of phenolic OH excluding ortho intramolecular Hbond substituents is 1. The van der Waals surface area contributed by atoms with E-state index >= 15 is 0 Å². The molecule has 0 radical (unpaired) electrons. The number of rotatable bonds is 4. The highest BCUT2D eigenvalue weighted by atomic mass is 16.3. The van der Waals surface area contributed by atoms with Gasteiger partial charge in [-0.3, -0.25) is 9.79 Å². The number of anilines is 1. The average Bonchev–Trinajstić information content (AvgIpc) is 2.62. The molecular weight excluding hydrogens is 312 g/mol. The van der Waals surface area contributed by atoms with Crippen LogP contribution in [0.15, 0.2) is 77.8 Å². The van der Waals surface area contributed by atoms with Crippen molar-refractivity contribution in [3.63, 3.8) is 0 Å². The Kier molecular flexibility index (Phi) is 4.90. The Morgan fingerprint density at radius 1 is 0.960 bits per heavy atom. The van der Waals surface area contributed by atoms with Crippen LogP contribution in [-0.4, -0.2) is 17.2 Å². The van der Waals surface area contributed by atoms with Crippen molar-refractivity contribution >= 4 is 23.5 Å². The number of nitrogens with one attached hydrogen (secondary N) is 1. The van der Waals surface area contributed by atoms with Gasteiger partial charge in [-0.15, -0.1) is 0 Å². The van der Waals surface area contributed by atoms with Crippen LogP contribution in [0.3, 0.4) is 0 Å². The fourth-order valence-corrected chi connectivity index (χ4v) is 2.49. The van der Waals surface area contributed by atoms with Crippen molar-refractivity contribution in [1.29, 1.82) is 0 Å². The number of aromatic hydroxyl groups is 1. The quantitative estimate of drug-likeness (QED) is 0.677. The number of amides is 1. The Labute approximate surface area is 146 Å². The zero-order valence-corrected chi connectivity index (χ0v) is 13.8. The molecule has 0 atom stereocenters. The van der Waals surface area contributed by atoms with Crippen molar-refractivity contribution in [3.8, 4) is 16.9 Å². The van der Waals surface area contributed by atoms with E-state index in [0.29, 0.717) is 5.56 Å². The summed E-state index contributed by atoms with van der Waals surface area (Å²) in [5, 5.41) is 13.2. The molecule has 124 valence electrons. The number of aliphatic imine (C=N–C) groups is 1. The van der Waals surface area contributed by atoms with Gasteiger partial charge in [-0.1, -0.05) is 42.5 Å². The molecule has 0 aromatic heterocycles. The van der Waals surface area contributed by atoms with Gasteiger partial charge in [0.05, 0.1) is 5.69 Å². The smallest absolute Gasteiger partial charge is 0.221 e. The molecule has 4 nitrogen and oxygen atoms in total. The summed E-state index contributed by atoms with van der Waals surface area (Å²) in [6.07, 6.45) is 1.63. The van der Waals surface area contributed by atoms with Gasteiger partial charge in [-0.05, 0) is 35.9 Å². The molecule has 0 saturated heterocycles. The minimum atomic E-state index is -0.112. The second-order valence-corrected chi connectivity index (χ2v) is 5.60. The van der Waals surface area contributed by atoms with Crippen LogP contribution in [0.2, 0.25) is 0 Å². The van der Waals surface area contributed by atoms with Gasteiger partial charge >= 0.3 is 0 Å². The molecule has 25 heavy (non-hydrogen) atoms. The van der Waals surface area contributed by atoms with Crippen molar-refractivity contribution in [3.05, 3.63) is 78.4 Å². The fraction of sp³-hybridized carbons (Fsp3) is 0.0476. The third-order valence-electron chi connectivity index (χ3n) is 3.69. The maximum absolute atomic E-state index is 11.0. The van der Waals surface area contributed by atoms with Gasteiger partial charge in [0.1, 0.15) is 5.75 Å². The summed E-state index contributed by atoms with van der Waals surface area (Å²) >= 11 is 0. The lowest BCUT2D eigenvalue weighted by atomic mass is 10.0. The average molecular weight is 330 g/mol. The monoisotopic (exact) mass is 330 g/mol. The normalized spacial score (nSPS) is 10.8. The molecule has 0 aliphatic heterocycles. The summed E-state index contributed by atoms with van der Waals surface area (Å²) in [5.41, 5.74) is 3.83. The summed E-state index contributed by atoms with van der Waals surface area (Å²) in [6, 6.07) is 22.5. The lowest BCUT2D eigenvalue weighted by Crippen LogP contribution is -2.04. The fourth-order valence-electron chi connectivity index (χ4n) is 2.49. The molecule has 0 heterocycles. The van der Waals surface area contributed by atoms with Crippen molar-refractivity contribution in [1.82, 2.24) is 0 Å². The predicted octanol–water partition coefficient (Wildman–Crippen LogP) is 4.77. The molecule has 0 bridgehead atoms. The molecular formula is C21H18N2O2. The Morgan fingerprint density at radius 3 is 2.36 bits per heavy atom. The van der Waals surface area contributed by atoms with Crippen LogP contribution in [0.1, 0.15) is 12.5 Å². The SMILES string of the molecule is CC(=O)Nc1ccc(N=Cc2cccc(-c3ccccc3)c2O)cc1. The van der Waals surface area contributed by atoms with Crippen molar-refractivity contribution in [2.45, 2.75) is 6.92 Å².